The molecule has 3 heterocycles. The third-order valence-electron chi connectivity index (χ3n) is 4.48. The first-order valence-corrected chi connectivity index (χ1v) is 8.76. The molecule has 4 rings (SSSR count). The molecule has 0 spiro atoms. The fraction of sp³-hybridized carbons (Fsp3) is 0.368. The highest BCUT2D eigenvalue weighted by molar-refractivity contribution is 5.89. The van der Waals surface area contributed by atoms with Crippen molar-refractivity contribution in [3.05, 3.63) is 42.1 Å². The van der Waals surface area contributed by atoms with Gasteiger partial charge in [-0.1, -0.05) is 30.3 Å². The van der Waals surface area contributed by atoms with Crippen molar-refractivity contribution in [3.8, 4) is 11.4 Å². The lowest BCUT2D eigenvalue weighted by molar-refractivity contribution is 0.0398. The summed E-state index contributed by atoms with van der Waals surface area (Å²) < 4.78 is 5.40. The van der Waals surface area contributed by atoms with Crippen LogP contribution in [0.1, 0.15) is 5.69 Å². The van der Waals surface area contributed by atoms with Gasteiger partial charge in [0.25, 0.3) is 0 Å². The van der Waals surface area contributed by atoms with E-state index in [9.17, 15) is 0 Å². The summed E-state index contributed by atoms with van der Waals surface area (Å²) in [5, 5.41) is 4.55. The van der Waals surface area contributed by atoms with Crippen molar-refractivity contribution >= 4 is 16.9 Å². The molecule has 1 aromatic carbocycles. The smallest absolute Gasteiger partial charge is 0.163 e. The van der Waals surface area contributed by atoms with Crippen LogP contribution in [0.3, 0.4) is 0 Å². The molecule has 1 aliphatic rings. The molecular weight excluding hydrogens is 314 g/mol. The zero-order valence-electron chi connectivity index (χ0n) is 14.5. The first-order valence-electron chi connectivity index (χ1n) is 8.76. The van der Waals surface area contributed by atoms with Crippen LogP contribution >= 0.6 is 0 Å². The van der Waals surface area contributed by atoms with E-state index in [2.05, 4.69) is 21.3 Å². The van der Waals surface area contributed by atoms with Crippen molar-refractivity contribution in [1.82, 2.24) is 19.9 Å². The van der Waals surface area contributed by atoms with E-state index in [-0.39, 0.29) is 0 Å². The summed E-state index contributed by atoms with van der Waals surface area (Å²) in [6, 6.07) is 12.2. The Kier molecular flexibility index (Phi) is 4.63. The zero-order chi connectivity index (χ0) is 17.1. The fourth-order valence-electron chi connectivity index (χ4n) is 3.15. The lowest BCUT2D eigenvalue weighted by atomic mass is 10.2. The van der Waals surface area contributed by atoms with Gasteiger partial charge in [-0.15, -0.1) is 0 Å². The number of aromatic nitrogens is 3. The molecule has 130 valence electrons. The van der Waals surface area contributed by atoms with E-state index in [1.165, 1.54) is 0 Å². The summed E-state index contributed by atoms with van der Waals surface area (Å²) in [6.45, 7) is 7.53. The van der Waals surface area contributed by atoms with Crippen LogP contribution in [0.15, 0.2) is 36.4 Å². The number of morpholine rings is 1. The van der Waals surface area contributed by atoms with Crippen LogP contribution in [0.25, 0.3) is 22.4 Å². The molecule has 0 aliphatic carbocycles. The standard InChI is InChI=1S/C19H23N5O/c1-14-13-16-18(20-7-8-24-9-11-25-12-10-24)22-17(23-19(16)21-14)15-5-3-2-4-6-15/h2-6,13H,7-12H2,1H3,(H2,20,21,22,23). The Morgan fingerprint density at radius 2 is 1.96 bits per heavy atom. The van der Waals surface area contributed by atoms with E-state index in [1.807, 2.05) is 37.3 Å². The Labute approximate surface area is 147 Å². The van der Waals surface area contributed by atoms with E-state index in [0.717, 1.165) is 73.3 Å². The van der Waals surface area contributed by atoms with Crippen LogP contribution in [-0.2, 0) is 4.74 Å². The average Bonchev–Trinajstić information content (AvgIpc) is 3.03. The largest absolute Gasteiger partial charge is 0.379 e. The quantitative estimate of drug-likeness (QED) is 0.749. The van der Waals surface area contributed by atoms with Gasteiger partial charge in [-0.3, -0.25) is 4.90 Å². The zero-order valence-corrected chi connectivity index (χ0v) is 14.5. The molecule has 1 fully saturated rings. The van der Waals surface area contributed by atoms with E-state index >= 15 is 0 Å². The summed E-state index contributed by atoms with van der Waals surface area (Å²) in [7, 11) is 0. The minimum Gasteiger partial charge on any atom is -0.379 e. The molecular formula is C19H23N5O. The number of ether oxygens (including phenoxy) is 1. The number of fused-ring (bicyclic) bond motifs is 1. The van der Waals surface area contributed by atoms with Crippen molar-refractivity contribution in [2.24, 2.45) is 0 Å². The Morgan fingerprint density at radius 3 is 2.76 bits per heavy atom. The number of aryl methyl sites for hydroxylation is 1. The molecule has 0 unspecified atom stereocenters. The van der Waals surface area contributed by atoms with Gasteiger partial charge in [-0.05, 0) is 13.0 Å². The second kappa shape index (κ2) is 7.21. The summed E-state index contributed by atoms with van der Waals surface area (Å²) in [5.74, 6) is 1.63. The second-order valence-electron chi connectivity index (χ2n) is 6.36. The second-order valence-corrected chi connectivity index (χ2v) is 6.36. The number of nitrogens with one attached hydrogen (secondary N) is 2. The van der Waals surface area contributed by atoms with Gasteiger partial charge in [0.1, 0.15) is 11.5 Å². The number of aromatic amines is 1. The molecule has 0 saturated carbocycles. The summed E-state index contributed by atoms with van der Waals surface area (Å²) in [4.78, 5) is 15.2. The average molecular weight is 337 g/mol. The van der Waals surface area contributed by atoms with Gasteiger partial charge in [0.05, 0.1) is 18.6 Å². The lowest BCUT2D eigenvalue weighted by Gasteiger charge is -2.26. The van der Waals surface area contributed by atoms with Crippen LogP contribution in [0.5, 0.6) is 0 Å². The normalized spacial score (nSPS) is 15.6. The number of anilines is 1. The van der Waals surface area contributed by atoms with E-state index in [4.69, 9.17) is 14.7 Å². The minimum atomic E-state index is 0.740. The van der Waals surface area contributed by atoms with Crippen molar-refractivity contribution < 1.29 is 4.74 Å². The summed E-state index contributed by atoms with van der Waals surface area (Å²) >= 11 is 0. The van der Waals surface area contributed by atoms with E-state index < -0.39 is 0 Å². The minimum absolute atomic E-state index is 0.740. The van der Waals surface area contributed by atoms with Crippen LogP contribution in [0.2, 0.25) is 0 Å². The molecule has 0 bridgehead atoms. The highest BCUT2D eigenvalue weighted by atomic mass is 16.5. The van der Waals surface area contributed by atoms with Gasteiger partial charge >= 0.3 is 0 Å². The van der Waals surface area contributed by atoms with Crippen molar-refractivity contribution in [2.45, 2.75) is 6.92 Å². The lowest BCUT2D eigenvalue weighted by Crippen LogP contribution is -2.39. The summed E-state index contributed by atoms with van der Waals surface area (Å²) in [5.41, 5.74) is 2.99. The number of rotatable bonds is 5. The number of benzene rings is 1. The molecule has 6 heteroatoms. The van der Waals surface area contributed by atoms with Crippen LogP contribution in [-0.4, -0.2) is 59.2 Å². The van der Waals surface area contributed by atoms with E-state index in [0.29, 0.717) is 0 Å². The van der Waals surface area contributed by atoms with Crippen molar-refractivity contribution in [3.63, 3.8) is 0 Å². The van der Waals surface area contributed by atoms with E-state index in [1.54, 1.807) is 0 Å². The molecule has 6 nitrogen and oxygen atoms in total. The van der Waals surface area contributed by atoms with Gasteiger partial charge < -0.3 is 15.0 Å². The monoisotopic (exact) mass is 337 g/mol. The maximum atomic E-state index is 5.40. The SMILES string of the molecule is Cc1cc2c(NCCN3CCOCC3)nc(-c3ccccc3)nc2[nH]1. The van der Waals surface area contributed by atoms with Crippen molar-refractivity contribution in [1.29, 1.82) is 0 Å². The Balaban J connectivity index is 1.57. The third kappa shape index (κ3) is 3.65. The first kappa shape index (κ1) is 16.1. The van der Waals surface area contributed by atoms with Crippen LogP contribution < -0.4 is 5.32 Å². The van der Waals surface area contributed by atoms with Gasteiger partial charge in [-0.25, -0.2) is 9.97 Å². The molecule has 2 N–H and O–H groups in total. The molecule has 2 aromatic heterocycles. The summed E-state index contributed by atoms with van der Waals surface area (Å²) in [6.07, 6.45) is 0. The predicted molar refractivity (Wildman–Crippen MR) is 99.8 cm³/mol. The van der Waals surface area contributed by atoms with Crippen LogP contribution in [0, 0.1) is 6.92 Å². The van der Waals surface area contributed by atoms with Crippen molar-refractivity contribution in [2.75, 3.05) is 44.7 Å². The Morgan fingerprint density at radius 1 is 1.16 bits per heavy atom. The van der Waals surface area contributed by atoms with Gasteiger partial charge in [-0.2, -0.15) is 0 Å². The maximum absolute atomic E-state index is 5.40. The Hall–Kier alpha value is -2.44. The number of H-pyrrole nitrogens is 1. The Bertz CT molecular complexity index is 840. The predicted octanol–water partition coefficient (Wildman–Crippen LogP) is 2.68. The molecule has 3 aromatic rings. The molecule has 0 radical (unpaired) electrons. The number of hydrogen-bond donors (Lipinski definition) is 2. The fourth-order valence-corrected chi connectivity index (χ4v) is 3.15. The van der Waals surface area contributed by atoms with Crippen LogP contribution in [0.4, 0.5) is 5.82 Å². The molecule has 25 heavy (non-hydrogen) atoms. The first-order chi connectivity index (χ1) is 12.3. The number of nitrogens with zero attached hydrogens (tertiary/aromatic N) is 3. The topological polar surface area (TPSA) is 66.1 Å². The molecule has 0 atom stereocenters. The van der Waals surface area contributed by atoms with Gasteiger partial charge in [0.2, 0.25) is 0 Å². The highest BCUT2D eigenvalue weighted by Crippen LogP contribution is 2.25. The van der Waals surface area contributed by atoms with Gasteiger partial charge in [0.15, 0.2) is 5.82 Å². The third-order valence-corrected chi connectivity index (χ3v) is 4.48. The van der Waals surface area contributed by atoms with Gasteiger partial charge in [0, 0.05) is 37.4 Å². The molecule has 0 amide bonds. The maximum Gasteiger partial charge on any atom is 0.163 e. The molecule has 1 aliphatic heterocycles. The molecule has 1 saturated heterocycles. The highest BCUT2D eigenvalue weighted by Gasteiger charge is 2.13. The number of hydrogen-bond acceptors (Lipinski definition) is 5.